The van der Waals surface area contributed by atoms with E-state index in [4.69, 9.17) is 0 Å². The largest absolute Gasteiger partial charge is 0.383 e. The van der Waals surface area contributed by atoms with E-state index in [1.54, 1.807) is 0 Å². The van der Waals surface area contributed by atoms with Gasteiger partial charge >= 0.3 is 0 Å². The minimum Gasteiger partial charge on any atom is -0.383 e. The molecule has 19 heavy (non-hydrogen) atoms. The highest BCUT2D eigenvalue weighted by atomic mass is 16.3. The normalized spacial score (nSPS) is 17.5. The highest BCUT2D eigenvalue weighted by molar-refractivity contribution is 5.80. The van der Waals surface area contributed by atoms with Crippen molar-refractivity contribution in [3.63, 3.8) is 0 Å². The molecule has 1 aliphatic rings. The topological polar surface area (TPSA) is 40.5 Å². The SMILES string of the molecule is CCCCCCCCCC(O)C(=O)N1CCCCC1. The van der Waals surface area contributed by atoms with E-state index in [0.717, 1.165) is 38.8 Å². The second-order valence-corrected chi connectivity index (χ2v) is 5.81. The molecule has 0 aromatic carbocycles. The molecular weight excluding hydrogens is 238 g/mol. The molecule has 1 aliphatic heterocycles. The van der Waals surface area contributed by atoms with Crippen LogP contribution < -0.4 is 0 Å². The minimum absolute atomic E-state index is 0.0364. The van der Waals surface area contributed by atoms with Gasteiger partial charge in [0.25, 0.3) is 5.91 Å². The molecule has 0 spiro atoms. The Bertz CT molecular complexity index is 237. The van der Waals surface area contributed by atoms with Crippen molar-refractivity contribution in [1.82, 2.24) is 4.90 Å². The van der Waals surface area contributed by atoms with E-state index in [1.807, 2.05) is 4.90 Å². The maximum Gasteiger partial charge on any atom is 0.251 e. The van der Waals surface area contributed by atoms with Crippen LogP contribution in [0.15, 0.2) is 0 Å². The Morgan fingerprint density at radius 3 is 2.21 bits per heavy atom. The van der Waals surface area contributed by atoms with Crippen LogP contribution in [0.5, 0.6) is 0 Å². The van der Waals surface area contributed by atoms with E-state index in [2.05, 4.69) is 6.92 Å². The van der Waals surface area contributed by atoms with Gasteiger partial charge in [-0.2, -0.15) is 0 Å². The van der Waals surface area contributed by atoms with Gasteiger partial charge < -0.3 is 10.0 Å². The summed E-state index contributed by atoms with van der Waals surface area (Å²) in [5, 5.41) is 9.92. The zero-order chi connectivity index (χ0) is 13.9. The first kappa shape index (κ1) is 16.5. The molecule has 1 rings (SSSR count). The monoisotopic (exact) mass is 269 g/mol. The predicted molar refractivity (Wildman–Crippen MR) is 79.0 cm³/mol. The molecule has 1 unspecified atom stereocenters. The van der Waals surface area contributed by atoms with Gasteiger partial charge in [0, 0.05) is 13.1 Å². The first-order chi connectivity index (χ1) is 9.25. The van der Waals surface area contributed by atoms with Gasteiger partial charge in [-0.15, -0.1) is 0 Å². The lowest BCUT2D eigenvalue weighted by molar-refractivity contribution is -0.141. The van der Waals surface area contributed by atoms with E-state index in [0.29, 0.717) is 6.42 Å². The Morgan fingerprint density at radius 1 is 1.00 bits per heavy atom. The van der Waals surface area contributed by atoms with Gasteiger partial charge in [0.15, 0.2) is 0 Å². The van der Waals surface area contributed by atoms with Crippen molar-refractivity contribution in [3.05, 3.63) is 0 Å². The number of unbranched alkanes of at least 4 members (excludes halogenated alkanes) is 6. The van der Waals surface area contributed by atoms with Crippen LogP contribution in [0.4, 0.5) is 0 Å². The molecule has 3 heteroatoms. The summed E-state index contributed by atoms with van der Waals surface area (Å²) in [6, 6.07) is 0. The number of amides is 1. The van der Waals surface area contributed by atoms with Crippen LogP contribution >= 0.6 is 0 Å². The van der Waals surface area contributed by atoms with Gasteiger partial charge in [0.05, 0.1) is 0 Å². The lowest BCUT2D eigenvalue weighted by Gasteiger charge is -2.28. The van der Waals surface area contributed by atoms with E-state index >= 15 is 0 Å². The number of carbonyl (C=O) groups is 1. The lowest BCUT2D eigenvalue weighted by Crippen LogP contribution is -2.42. The quantitative estimate of drug-likeness (QED) is 0.651. The summed E-state index contributed by atoms with van der Waals surface area (Å²) in [5.74, 6) is -0.0364. The van der Waals surface area contributed by atoms with Crippen molar-refractivity contribution >= 4 is 5.91 Å². The van der Waals surface area contributed by atoms with Crippen LogP contribution in [0.1, 0.15) is 77.6 Å². The molecule has 0 aromatic heterocycles. The van der Waals surface area contributed by atoms with Crippen LogP contribution in [0.25, 0.3) is 0 Å². The molecule has 1 N–H and O–H groups in total. The number of rotatable bonds is 9. The number of likely N-dealkylation sites (tertiary alicyclic amines) is 1. The summed E-state index contributed by atoms with van der Waals surface area (Å²) in [5.41, 5.74) is 0. The third kappa shape index (κ3) is 6.95. The Kier molecular flexibility index (Phi) is 8.89. The Hall–Kier alpha value is -0.570. The standard InChI is InChI=1S/C16H31NO2/c1-2-3-4-5-6-7-9-12-15(18)16(19)17-13-10-8-11-14-17/h15,18H,2-14H2,1H3. The Morgan fingerprint density at radius 2 is 1.58 bits per heavy atom. The van der Waals surface area contributed by atoms with E-state index in [-0.39, 0.29) is 5.91 Å². The molecule has 1 saturated heterocycles. The van der Waals surface area contributed by atoms with Crippen molar-refractivity contribution in [2.24, 2.45) is 0 Å². The first-order valence-electron chi connectivity index (χ1n) is 8.22. The van der Waals surface area contributed by atoms with Crippen molar-refractivity contribution < 1.29 is 9.90 Å². The summed E-state index contributed by atoms with van der Waals surface area (Å²) < 4.78 is 0. The number of aliphatic hydroxyl groups is 1. The zero-order valence-corrected chi connectivity index (χ0v) is 12.6. The van der Waals surface area contributed by atoms with Crippen LogP contribution in [-0.4, -0.2) is 35.1 Å². The molecule has 0 bridgehead atoms. The number of hydrogen-bond donors (Lipinski definition) is 1. The molecule has 0 aliphatic carbocycles. The van der Waals surface area contributed by atoms with Gasteiger partial charge in [0.2, 0.25) is 0 Å². The van der Waals surface area contributed by atoms with E-state index < -0.39 is 6.10 Å². The van der Waals surface area contributed by atoms with Crippen LogP contribution in [0.3, 0.4) is 0 Å². The average Bonchev–Trinajstić information content (AvgIpc) is 2.46. The van der Waals surface area contributed by atoms with Gasteiger partial charge in [-0.05, 0) is 25.7 Å². The summed E-state index contributed by atoms with van der Waals surface area (Å²) in [6.07, 6.45) is 11.9. The van der Waals surface area contributed by atoms with E-state index in [1.165, 1.54) is 38.5 Å². The van der Waals surface area contributed by atoms with Crippen molar-refractivity contribution in [1.29, 1.82) is 0 Å². The first-order valence-corrected chi connectivity index (χ1v) is 8.22. The molecule has 1 amide bonds. The van der Waals surface area contributed by atoms with Crippen molar-refractivity contribution in [3.8, 4) is 0 Å². The minimum atomic E-state index is -0.756. The van der Waals surface area contributed by atoms with Crippen LogP contribution in [-0.2, 0) is 4.79 Å². The van der Waals surface area contributed by atoms with Gasteiger partial charge in [0.1, 0.15) is 6.10 Å². The smallest absolute Gasteiger partial charge is 0.251 e. The molecule has 112 valence electrons. The second-order valence-electron chi connectivity index (χ2n) is 5.81. The number of nitrogens with zero attached hydrogens (tertiary/aromatic N) is 1. The molecule has 3 nitrogen and oxygen atoms in total. The summed E-state index contributed by atoms with van der Waals surface area (Å²) >= 11 is 0. The zero-order valence-electron chi connectivity index (χ0n) is 12.6. The third-order valence-electron chi connectivity index (χ3n) is 4.03. The van der Waals surface area contributed by atoms with Crippen molar-refractivity contribution in [2.45, 2.75) is 83.7 Å². The average molecular weight is 269 g/mol. The fraction of sp³-hybridized carbons (Fsp3) is 0.938. The molecule has 1 heterocycles. The Balaban J connectivity index is 2.03. The molecule has 1 fully saturated rings. The lowest BCUT2D eigenvalue weighted by atomic mass is 10.0. The molecule has 0 radical (unpaired) electrons. The molecular formula is C16H31NO2. The summed E-state index contributed by atoms with van der Waals surface area (Å²) in [6.45, 7) is 3.91. The van der Waals surface area contributed by atoms with Crippen LogP contribution in [0, 0.1) is 0 Å². The van der Waals surface area contributed by atoms with Gasteiger partial charge in [-0.25, -0.2) is 0 Å². The Labute approximate surface area is 118 Å². The maximum atomic E-state index is 12.0. The fourth-order valence-corrected chi connectivity index (χ4v) is 2.74. The maximum absolute atomic E-state index is 12.0. The second kappa shape index (κ2) is 10.2. The molecule has 0 aromatic rings. The van der Waals surface area contributed by atoms with Gasteiger partial charge in [-0.3, -0.25) is 4.79 Å². The molecule has 0 saturated carbocycles. The van der Waals surface area contributed by atoms with Crippen LogP contribution in [0.2, 0.25) is 0 Å². The predicted octanol–water partition coefficient (Wildman–Crippen LogP) is 3.50. The number of hydrogen-bond acceptors (Lipinski definition) is 2. The highest BCUT2D eigenvalue weighted by Gasteiger charge is 2.22. The number of aliphatic hydroxyl groups excluding tert-OH is 1. The number of carbonyl (C=O) groups excluding carboxylic acids is 1. The summed E-state index contributed by atoms with van der Waals surface area (Å²) in [4.78, 5) is 13.8. The van der Waals surface area contributed by atoms with E-state index in [9.17, 15) is 9.90 Å². The number of piperidine rings is 1. The van der Waals surface area contributed by atoms with Crippen molar-refractivity contribution in [2.75, 3.05) is 13.1 Å². The third-order valence-corrected chi connectivity index (χ3v) is 4.03. The molecule has 1 atom stereocenters. The fourth-order valence-electron chi connectivity index (χ4n) is 2.74. The summed E-state index contributed by atoms with van der Waals surface area (Å²) in [7, 11) is 0. The van der Waals surface area contributed by atoms with Gasteiger partial charge in [-0.1, -0.05) is 51.9 Å². The highest BCUT2D eigenvalue weighted by Crippen LogP contribution is 2.14.